The Morgan fingerprint density at radius 3 is 2.64 bits per heavy atom. The monoisotopic (exact) mass is 207 g/mol. The van der Waals surface area contributed by atoms with Crippen LogP contribution in [0.1, 0.15) is 18.2 Å². The third-order valence-electron chi connectivity index (χ3n) is 1.74. The van der Waals surface area contributed by atoms with Gasteiger partial charge in [-0.3, -0.25) is 4.68 Å². The van der Waals surface area contributed by atoms with E-state index in [2.05, 4.69) is 10.4 Å². The highest BCUT2D eigenvalue weighted by Crippen LogP contribution is 2.30. The van der Waals surface area contributed by atoms with Gasteiger partial charge in [-0.05, 0) is 6.54 Å². The predicted molar refractivity (Wildman–Crippen MR) is 45.6 cm³/mol. The number of nitrogens with one attached hydrogen (secondary N) is 1. The number of hydrogen-bond donors (Lipinski definition) is 1. The van der Waals surface area contributed by atoms with Gasteiger partial charge in [-0.15, -0.1) is 0 Å². The molecule has 0 aliphatic heterocycles. The lowest BCUT2D eigenvalue weighted by Crippen LogP contribution is -2.16. The van der Waals surface area contributed by atoms with Crippen molar-refractivity contribution in [3.05, 3.63) is 17.5 Å². The average molecular weight is 207 g/mol. The molecule has 0 spiro atoms. The van der Waals surface area contributed by atoms with E-state index in [1.807, 2.05) is 6.92 Å². The highest BCUT2D eigenvalue weighted by atomic mass is 19.4. The van der Waals surface area contributed by atoms with Gasteiger partial charge in [0.2, 0.25) is 0 Å². The zero-order valence-corrected chi connectivity index (χ0v) is 8.02. The van der Waals surface area contributed by atoms with Crippen molar-refractivity contribution in [2.24, 2.45) is 7.05 Å². The maximum atomic E-state index is 12.4. The topological polar surface area (TPSA) is 29.9 Å². The molecule has 14 heavy (non-hydrogen) atoms. The molecule has 0 aliphatic rings. The first-order chi connectivity index (χ1) is 6.45. The Balaban J connectivity index is 2.91. The molecule has 0 fully saturated rings. The zero-order chi connectivity index (χ0) is 10.8. The van der Waals surface area contributed by atoms with Crippen LogP contribution in [0.25, 0.3) is 0 Å². The van der Waals surface area contributed by atoms with Crippen molar-refractivity contribution < 1.29 is 13.2 Å². The van der Waals surface area contributed by atoms with Crippen LogP contribution in [0.2, 0.25) is 0 Å². The van der Waals surface area contributed by atoms with E-state index < -0.39 is 11.9 Å². The number of aryl methyl sites for hydroxylation is 1. The summed E-state index contributed by atoms with van der Waals surface area (Å²) in [5, 5.41) is 6.22. The molecule has 80 valence electrons. The van der Waals surface area contributed by atoms with Gasteiger partial charge in [-0.2, -0.15) is 18.3 Å². The smallest absolute Gasteiger partial charge is 0.313 e. The Bertz CT molecular complexity index is 303. The van der Waals surface area contributed by atoms with Gasteiger partial charge in [0.05, 0.1) is 0 Å². The fourth-order valence-corrected chi connectivity index (χ4v) is 1.17. The molecular formula is C8H12F3N3. The summed E-state index contributed by atoms with van der Waals surface area (Å²) in [6, 6.07) is 0. The van der Waals surface area contributed by atoms with E-state index in [-0.39, 0.29) is 12.1 Å². The van der Waals surface area contributed by atoms with Crippen LogP contribution in [0.4, 0.5) is 13.2 Å². The summed E-state index contributed by atoms with van der Waals surface area (Å²) in [7, 11) is 1.48. The molecule has 6 heteroatoms. The van der Waals surface area contributed by atoms with E-state index in [1.54, 1.807) is 0 Å². The summed E-state index contributed by atoms with van der Waals surface area (Å²) in [6.07, 6.45) is -2.99. The van der Waals surface area contributed by atoms with Gasteiger partial charge in [0, 0.05) is 25.4 Å². The standard InChI is InChI=1S/C8H12F3N3/c1-3-12-4-6-5-14(2)13-7(6)8(9,10)11/h5,12H,3-4H2,1-2H3. The lowest BCUT2D eigenvalue weighted by molar-refractivity contribution is -0.142. The van der Waals surface area contributed by atoms with Crippen molar-refractivity contribution in [1.29, 1.82) is 0 Å². The average Bonchev–Trinajstić information content (AvgIpc) is 2.42. The van der Waals surface area contributed by atoms with Crippen molar-refractivity contribution in [2.75, 3.05) is 6.54 Å². The second-order valence-electron chi connectivity index (χ2n) is 2.95. The first kappa shape index (κ1) is 11.0. The molecule has 0 saturated carbocycles. The maximum Gasteiger partial charge on any atom is 0.435 e. The third-order valence-corrected chi connectivity index (χ3v) is 1.74. The predicted octanol–water partition coefficient (Wildman–Crippen LogP) is 1.55. The largest absolute Gasteiger partial charge is 0.435 e. The van der Waals surface area contributed by atoms with E-state index >= 15 is 0 Å². The molecule has 0 unspecified atom stereocenters. The molecule has 3 nitrogen and oxygen atoms in total. The van der Waals surface area contributed by atoms with Crippen LogP contribution in [0.15, 0.2) is 6.20 Å². The minimum atomic E-state index is -4.37. The summed E-state index contributed by atoms with van der Waals surface area (Å²) >= 11 is 0. The molecule has 1 aromatic heterocycles. The maximum absolute atomic E-state index is 12.4. The van der Waals surface area contributed by atoms with E-state index in [9.17, 15) is 13.2 Å². The molecule has 0 amide bonds. The highest BCUT2D eigenvalue weighted by molar-refractivity contribution is 5.19. The summed E-state index contributed by atoms with van der Waals surface area (Å²) in [5.74, 6) is 0. The van der Waals surface area contributed by atoms with Crippen molar-refractivity contribution in [3.63, 3.8) is 0 Å². The summed E-state index contributed by atoms with van der Waals surface area (Å²) < 4.78 is 38.3. The molecule has 0 aliphatic carbocycles. The van der Waals surface area contributed by atoms with Crippen molar-refractivity contribution in [2.45, 2.75) is 19.6 Å². The second kappa shape index (κ2) is 4.00. The third kappa shape index (κ3) is 2.47. The Hall–Kier alpha value is -1.04. The molecule has 0 saturated heterocycles. The molecular weight excluding hydrogens is 195 g/mol. The minimum Gasteiger partial charge on any atom is -0.313 e. The number of aromatic nitrogens is 2. The van der Waals surface area contributed by atoms with Gasteiger partial charge in [-0.25, -0.2) is 0 Å². The number of alkyl halides is 3. The van der Waals surface area contributed by atoms with Crippen LogP contribution in [0, 0.1) is 0 Å². The Morgan fingerprint density at radius 1 is 1.50 bits per heavy atom. The van der Waals surface area contributed by atoms with Gasteiger partial charge in [0.1, 0.15) is 0 Å². The Morgan fingerprint density at radius 2 is 2.14 bits per heavy atom. The molecule has 0 aromatic carbocycles. The Labute approximate surface area is 79.9 Å². The second-order valence-corrected chi connectivity index (χ2v) is 2.95. The first-order valence-electron chi connectivity index (χ1n) is 4.25. The zero-order valence-electron chi connectivity index (χ0n) is 8.02. The molecule has 0 atom stereocenters. The van der Waals surface area contributed by atoms with Gasteiger partial charge >= 0.3 is 6.18 Å². The van der Waals surface area contributed by atoms with Gasteiger partial charge in [0.25, 0.3) is 0 Å². The SMILES string of the molecule is CCNCc1cn(C)nc1C(F)(F)F. The van der Waals surface area contributed by atoms with Gasteiger partial charge < -0.3 is 5.32 Å². The van der Waals surface area contributed by atoms with Crippen molar-refractivity contribution >= 4 is 0 Å². The Kier molecular flexibility index (Phi) is 3.15. The normalized spacial score (nSPS) is 12.1. The number of rotatable bonds is 3. The summed E-state index contributed by atoms with van der Waals surface area (Å²) in [4.78, 5) is 0. The number of hydrogen-bond acceptors (Lipinski definition) is 2. The molecule has 1 heterocycles. The van der Waals surface area contributed by atoms with Crippen molar-refractivity contribution in [3.8, 4) is 0 Å². The summed E-state index contributed by atoms with van der Waals surface area (Å²) in [6.45, 7) is 2.66. The summed E-state index contributed by atoms with van der Waals surface area (Å²) in [5.41, 5.74) is -0.622. The molecule has 0 radical (unpaired) electrons. The fraction of sp³-hybridized carbons (Fsp3) is 0.625. The first-order valence-corrected chi connectivity index (χ1v) is 4.25. The van der Waals surface area contributed by atoms with Crippen LogP contribution >= 0.6 is 0 Å². The quantitative estimate of drug-likeness (QED) is 0.814. The van der Waals surface area contributed by atoms with E-state index in [1.165, 1.54) is 17.9 Å². The van der Waals surface area contributed by atoms with E-state index in [4.69, 9.17) is 0 Å². The lowest BCUT2D eigenvalue weighted by atomic mass is 10.2. The molecule has 1 aromatic rings. The van der Waals surface area contributed by atoms with Crippen molar-refractivity contribution in [1.82, 2.24) is 15.1 Å². The van der Waals surface area contributed by atoms with Crippen LogP contribution in [-0.2, 0) is 19.8 Å². The van der Waals surface area contributed by atoms with Crippen LogP contribution < -0.4 is 5.32 Å². The molecule has 1 N–H and O–H groups in total. The van der Waals surface area contributed by atoms with Gasteiger partial charge in [0.15, 0.2) is 5.69 Å². The van der Waals surface area contributed by atoms with E-state index in [0.29, 0.717) is 6.54 Å². The number of halogens is 3. The van der Waals surface area contributed by atoms with Crippen LogP contribution in [0.5, 0.6) is 0 Å². The van der Waals surface area contributed by atoms with Crippen LogP contribution in [-0.4, -0.2) is 16.3 Å². The molecule has 0 bridgehead atoms. The fourth-order valence-electron chi connectivity index (χ4n) is 1.17. The van der Waals surface area contributed by atoms with Crippen LogP contribution in [0.3, 0.4) is 0 Å². The van der Waals surface area contributed by atoms with E-state index in [0.717, 1.165) is 0 Å². The van der Waals surface area contributed by atoms with Gasteiger partial charge in [-0.1, -0.05) is 6.92 Å². The number of nitrogens with zero attached hydrogens (tertiary/aromatic N) is 2. The minimum absolute atomic E-state index is 0.182. The lowest BCUT2D eigenvalue weighted by Gasteiger charge is -2.05. The molecule has 1 rings (SSSR count). The highest BCUT2D eigenvalue weighted by Gasteiger charge is 2.36.